The number of nitrogens with one attached hydrogen (secondary N) is 1. The van der Waals surface area contributed by atoms with E-state index in [9.17, 15) is 0 Å². The summed E-state index contributed by atoms with van der Waals surface area (Å²) in [5.74, 6) is 0.614. The van der Waals surface area contributed by atoms with Gasteiger partial charge in [-0.3, -0.25) is 0 Å². The van der Waals surface area contributed by atoms with Crippen LogP contribution in [0.15, 0.2) is 24.3 Å². The predicted octanol–water partition coefficient (Wildman–Crippen LogP) is 2.56. The minimum Gasteiger partial charge on any atom is -0.377 e. The van der Waals surface area contributed by atoms with Gasteiger partial charge in [0.1, 0.15) is 6.73 Å². The van der Waals surface area contributed by atoms with Gasteiger partial charge in [-0.25, -0.2) is 0 Å². The molecule has 1 rings (SSSR count). The van der Waals surface area contributed by atoms with Crippen molar-refractivity contribution in [2.75, 3.05) is 12.0 Å². The quantitative estimate of drug-likeness (QED) is 0.696. The lowest BCUT2D eigenvalue weighted by molar-refractivity contribution is 0.325. The fraction of sp³-hybridized carbons (Fsp3) is 0.455. The molecular weight excluding hydrogens is 162 g/mol. The van der Waals surface area contributed by atoms with Crippen LogP contribution in [0, 0.1) is 0 Å². The van der Waals surface area contributed by atoms with Crippen LogP contribution in [0.3, 0.4) is 0 Å². The van der Waals surface area contributed by atoms with Crippen molar-refractivity contribution in [3.05, 3.63) is 29.8 Å². The third kappa shape index (κ3) is 2.74. The summed E-state index contributed by atoms with van der Waals surface area (Å²) in [6.07, 6.45) is 1.16. The summed E-state index contributed by atoms with van der Waals surface area (Å²) >= 11 is 0. The van der Waals surface area contributed by atoms with Gasteiger partial charge in [0.15, 0.2) is 0 Å². The van der Waals surface area contributed by atoms with E-state index < -0.39 is 0 Å². The minimum atomic E-state index is -0.0112. The van der Waals surface area contributed by atoms with Crippen molar-refractivity contribution in [1.82, 2.24) is 0 Å². The first-order valence-electron chi connectivity index (χ1n) is 4.72. The van der Waals surface area contributed by atoms with Crippen LogP contribution in [0.25, 0.3) is 0 Å². The molecule has 0 spiro atoms. The Labute approximate surface area is 79.6 Å². The van der Waals surface area contributed by atoms with E-state index in [0.717, 1.165) is 12.1 Å². The van der Waals surface area contributed by atoms with Gasteiger partial charge in [-0.1, -0.05) is 26.0 Å². The van der Waals surface area contributed by atoms with Crippen molar-refractivity contribution in [1.29, 1.82) is 0 Å². The Hall–Kier alpha value is -1.02. The third-order valence-corrected chi connectivity index (χ3v) is 2.38. The molecule has 2 heteroatoms. The molecule has 0 heterocycles. The lowest BCUT2D eigenvalue weighted by Gasteiger charge is -2.09. The third-order valence-electron chi connectivity index (χ3n) is 2.38. The van der Waals surface area contributed by atoms with Crippen LogP contribution in [0.2, 0.25) is 0 Å². The van der Waals surface area contributed by atoms with Crippen molar-refractivity contribution in [3.8, 4) is 0 Å². The maximum absolute atomic E-state index is 8.63. The van der Waals surface area contributed by atoms with Gasteiger partial charge in [-0.2, -0.15) is 0 Å². The number of benzene rings is 1. The first-order chi connectivity index (χ1) is 6.27. The fourth-order valence-corrected chi connectivity index (χ4v) is 1.26. The molecule has 0 bridgehead atoms. The smallest absolute Gasteiger partial charge is 0.113 e. The molecule has 1 atom stereocenters. The maximum atomic E-state index is 8.63. The number of aliphatic hydroxyl groups excluding tert-OH is 1. The van der Waals surface area contributed by atoms with Crippen LogP contribution >= 0.6 is 0 Å². The summed E-state index contributed by atoms with van der Waals surface area (Å²) in [6.45, 7) is 4.39. The molecule has 2 N–H and O–H groups in total. The first kappa shape index (κ1) is 10.1. The Kier molecular flexibility index (Phi) is 3.77. The summed E-state index contributed by atoms with van der Waals surface area (Å²) in [7, 11) is 0. The molecule has 1 aromatic rings. The maximum Gasteiger partial charge on any atom is 0.113 e. The number of hydrogen-bond donors (Lipinski definition) is 2. The zero-order valence-electron chi connectivity index (χ0n) is 8.25. The largest absolute Gasteiger partial charge is 0.377 e. The Morgan fingerprint density at radius 1 is 1.31 bits per heavy atom. The zero-order chi connectivity index (χ0) is 9.68. The highest BCUT2D eigenvalue weighted by Crippen LogP contribution is 2.20. The van der Waals surface area contributed by atoms with Crippen LogP contribution in [0.4, 0.5) is 5.69 Å². The molecule has 0 aliphatic heterocycles. The number of anilines is 1. The zero-order valence-corrected chi connectivity index (χ0v) is 8.25. The number of hydrogen-bond acceptors (Lipinski definition) is 2. The highest BCUT2D eigenvalue weighted by atomic mass is 16.3. The molecule has 0 fully saturated rings. The Morgan fingerprint density at radius 3 is 2.38 bits per heavy atom. The average molecular weight is 179 g/mol. The minimum absolute atomic E-state index is 0.0112. The van der Waals surface area contributed by atoms with Gasteiger partial charge in [0.2, 0.25) is 0 Å². The summed E-state index contributed by atoms with van der Waals surface area (Å²) in [4.78, 5) is 0. The molecular formula is C11H17NO. The molecule has 0 radical (unpaired) electrons. The van der Waals surface area contributed by atoms with E-state index in [-0.39, 0.29) is 6.73 Å². The van der Waals surface area contributed by atoms with Gasteiger partial charge in [-0.15, -0.1) is 0 Å². The highest BCUT2D eigenvalue weighted by Gasteiger charge is 2.01. The normalized spacial score (nSPS) is 12.5. The molecule has 2 nitrogen and oxygen atoms in total. The average Bonchev–Trinajstić information content (AvgIpc) is 2.18. The first-order valence-corrected chi connectivity index (χ1v) is 4.72. The van der Waals surface area contributed by atoms with E-state index in [1.54, 1.807) is 0 Å². The Balaban J connectivity index is 2.69. The second-order valence-corrected chi connectivity index (χ2v) is 3.27. The number of aliphatic hydroxyl groups is 1. The summed E-state index contributed by atoms with van der Waals surface area (Å²) in [5.41, 5.74) is 2.32. The molecule has 1 unspecified atom stereocenters. The fourth-order valence-electron chi connectivity index (χ4n) is 1.26. The molecule has 0 aliphatic carbocycles. The summed E-state index contributed by atoms with van der Waals surface area (Å²) in [5, 5.41) is 11.5. The van der Waals surface area contributed by atoms with Gasteiger partial charge in [0.25, 0.3) is 0 Å². The summed E-state index contributed by atoms with van der Waals surface area (Å²) < 4.78 is 0. The van der Waals surface area contributed by atoms with Crippen LogP contribution < -0.4 is 5.32 Å². The monoisotopic (exact) mass is 179 g/mol. The molecule has 1 aromatic carbocycles. The van der Waals surface area contributed by atoms with Crippen molar-refractivity contribution in [3.63, 3.8) is 0 Å². The van der Waals surface area contributed by atoms with Crippen LogP contribution in [-0.2, 0) is 0 Å². The van der Waals surface area contributed by atoms with Crippen molar-refractivity contribution >= 4 is 5.69 Å². The molecule has 0 saturated carbocycles. The van der Waals surface area contributed by atoms with Gasteiger partial charge in [0, 0.05) is 5.69 Å². The van der Waals surface area contributed by atoms with E-state index >= 15 is 0 Å². The summed E-state index contributed by atoms with van der Waals surface area (Å²) in [6, 6.07) is 8.20. The van der Waals surface area contributed by atoms with Crippen LogP contribution in [0.1, 0.15) is 31.7 Å². The van der Waals surface area contributed by atoms with Crippen molar-refractivity contribution in [2.24, 2.45) is 0 Å². The topological polar surface area (TPSA) is 32.3 Å². The van der Waals surface area contributed by atoms with Gasteiger partial charge >= 0.3 is 0 Å². The predicted molar refractivity (Wildman–Crippen MR) is 55.9 cm³/mol. The van der Waals surface area contributed by atoms with Gasteiger partial charge < -0.3 is 10.4 Å². The van der Waals surface area contributed by atoms with Gasteiger partial charge in [-0.05, 0) is 30.0 Å². The molecule has 0 aromatic heterocycles. The molecule has 0 amide bonds. The second kappa shape index (κ2) is 4.87. The number of rotatable bonds is 4. The second-order valence-electron chi connectivity index (χ2n) is 3.27. The van der Waals surface area contributed by atoms with Crippen molar-refractivity contribution < 1.29 is 5.11 Å². The molecule has 72 valence electrons. The van der Waals surface area contributed by atoms with E-state index in [2.05, 4.69) is 31.3 Å². The van der Waals surface area contributed by atoms with E-state index in [1.807, 2.05) is 12.1 Å². The van der Waals surface area contributed by atoms with E-state index in [0.29, 0.717) is 5.92 Å². The lowest BCUT2D eigenvalue weighted by Crippen LogP contribution is -1.99. The molecule has 13 heavy (non-hydrogen) atoms. The molecule has 0 saturated heterocycles. The van der Waals surface area contributed by atoms with E-state index in [4.69, 9.17) is 5.11 Å². The lowest BCUT2D eigenvalue weighted by atomic mass is 9.99. The van der Waals surface area contributed by atoms with Gasteiger partial charge in [0.05, 0.1) is 0 Å². The Bertz CT molecular complexity index is 243. The van der Waals surface area contributed by atoms with E-state index in [1.165, 1.54) is 5.56 Å². The van der Waals surface area contributed by atoms with Crippen LogP contribution in [-0.4, -0.2) is 11.8 Å². The van der Waals surface area contributed by atoms with Crippen LogP contribution in [0.5, 0.6) is 0 Å². The Morgan fingerprint density at radius 2 is 1.92 bits per heavy atom. The molecule has 0 aliphatic rings. The standard InChI is InChI=1S/C11H17NO/c1-3-9(2)10-4-6-11(7-5-10)12-8-13/h4-7,9,12-13H,3,8H2,1-2H3. The SMILES string of the molecule is CCC(C)c1ccc(NCO)cc1. The van der Waals surface area contributed by atoms with Crippen molar-refractivity contribution in [2.45, 2.75) is 26.2 Å². The highest BCUT2D eigenvalue weighted by molar-refractivity contribution is 5.44.